The second-order valence-electron chi connectivity index (χ2n) is 6.12. The normalized spacial score (nSPS) is 21.2. The van der Waals surface area contributed by atoms with Crippen LogP contribution in [0.15, 0.2) is 6.07 Å². The van der Waals surface area contributed by atoms with Crippen LogP contribution in [-0.4, -0.2) is 36.3 Å². The Labute approximate surface area is 127 Å². The highest BCUT2D eigenvalue weighted by atomic mass is 16.1. The van der Waals surface area contributed by atoms with Gasteiger partial charge in [-0.25, -0.2) is 4.68 Å². The summed E-state index contributed by atoms with van der Waals surface area (Å²) in [4.78, 5) is 12.5. The van der Waals surface area contributed by atoms with Gasteiger partial charge in [0.2, 0.25) is 5.91 Å². The van der Waals surface area contributed by atoms with Crippen LogP contribution in [0.25, 0.3) is 0 Å². The average Bonchev–Trinajstić information content (AvgIpc) is 3.17. The Balaban J connectivity index is 1.41. The number of nitrogens with one attached hydrogen (secondary N) is 2. The van der Waals surface area contributed by atoms with Crippen LogP contribution in [0.4, 0.5) is 0 Å². The number of aryl methyl sites for hydroxylation is 1. The van der Waals surface area contributed by atoms with Crippen molar-refractivity contribution in [3.63, 3.8) is 0 Å². The molecule has 2 aliphatic rings. The van der Waals surface area contributed by atoms with Gasteiger partial charge in [0.25, 0.3) is 0 Å². The van der Waals surface area contributed by atoms with Crippen molar-refractivity contribution in [2.45, 2.75) is 57.0 Å². The molecule has 1 amide bonds. The minimum absolute atomic E-state index is 0.0134. The van der Waals surface area contributed by atoms with Gasteiger partial charge >= 0.3 is 0 Å². The van der Waals surface area contributed by atoms with Gasteiger partial charge < -0.3 is 5.32 Å². The van der Waals surface area contributed by atoms with Crippen LogP contribution in [0.3, 0.4) is 0 Å². The quantitative estimate of drug-likeness (QED) is 0.872. The van der Waals surface area contributed by atoms with E-state index in [1.807, 2.05) is 0 Å². The molecule has 8 nitrogen and oxygen atoms in total. The highest BCUT2D eigenvalue weighted by molar-refractivity contribution is 5.82. The second-order valence-corrected chi connectivity index (χ2v) is 6.12. The zero-order valence-corrected chi connectivity index (χ0v) is 12.3. The first-order chi connectivity index (χ1) is 10.8. The molecule has 4 rings (SSSR count). The number of aromatic amines is 1. The van der Waals surface area contributed by atoms with Crippen molar-refractivity contribution in [1.29, 1.82) is 0 Å². The van der Waals surface area contributed by atoms with E-state index in [-0.39, 0.29) is 11.8 Å². The SMILES string of the molecule is O=C(NCc1cc(C2CC2)n[nH]1)[C@@H]1CCCCn2nnnc21. The van der Waals surface area contributed by atoms with Crippen molar-refractivity contribution in [3.05, 3.63) is 23.3 Å². The third-order valence-corrected chi connectivity index (χ3v) is 4.40. The summed E-state index contributed by atoms with van der Waals surface area (Å²) in [7, 11) is 0. The molecule has 2 aromatic rings. The minimum Gasteiger partial charge on any atom is -0.350 e. The van der Waals surface area contributed by atoms with Crippen molar-refractivity contribution in [2.24, 2.45) is 0 Å². The summed E-state index contributed by atoms with van der Waals surface area (Å²) >= 11 is 0. The van der Waals surface area contributed by atoms with E-state index in [4.69, 9.17) is 0 Å². The van der Waals surface area contributed by atoms with Gasteiger partial charge in [-0.1, -0.05) is 6.42 Å². The van der Waals surface area contributed by atoms with Crippen molar-refractivity contribution in [1.82, 2.24) is 35.7 Å². The molecule has 0 unspecified atom stereocenters. The number of fused-ring (bicyclic) bond motifs is 1. The first kappa shape index (κ1) is 13.4. The number of H-pyrrole nitrogens is 1. The third kappa shape index (κ3) is 2.60. The monoisotopic (exact) mass is 301 g/mol. The van der Waals surface area contributed by atoms with E-state index in [0.29, 0.717) is 18.3 Å². The zero-order chi connectivity index (χ0) is 14.9. The molecule has 2 aromatic heterocycles. The zero-order valence-electron chi connectivity index (χ0n) is 12.3. The molecule has 1 aliphatic heterocycles. The Bertz CT molecular complexity index is 672. The molecule has 0 spiro atoms. The Morgan fingerprint density at radius 2 is 2.27 bits per heavy atom. The van der Waals surface area contributed by atoms with Gasteiger partial charge in [-0.05, 0) is 42.2 Å². The molecule has 22 heavy (non-hydrogen) atoms. The van der Waals surface area contributed by atoms with Gasteiger partial charge in [-0.15, -0.1) is 5.10 Å². The predicted molar refractivity (Wildman–Crippen MR) is 76.8 cm³/mol. The Morgan fingerprint density at radius 3 is 3.14 bits per heavy atom. The molecule has 8 heteroatoms. The molecule has 1 fully saturated rings. The van der Waals surface area contributed by atoms with E-state index in [2.05, 4.69) is 37.1 Å². The molecule has 0 radical (unpaired) electrons. The number of nitrogens with zero attached hydrogens (tertiary/aromatic N) is 5. The van der Waals surface area contributed by atoms with Crippen LogP contribution >= 0.6 is 0 Å². The number of rotatable bonds is 4. The standard InChI is InChI=1S/C14H19N7O/c22-14(11-3-1-2-6-21-13(11)18-19-20-21)15-8-10-7-12(17-16-10)9-4-5-9/h7,9,11H,1-6,8H2,(H,15,22)(H,16,17)/t11-/m1/s1. The lowest BCUT2D eigenvalue weighted by Gasteiger charge is -2.12. The number of carbonyl (C=O) groups is 1. The fourth-order valence-corrected chi connectivity index (χ4v) is 2.97. The fraction of sp³-hybridized carbons (Fsp3) is 0.643. The van der Waals surface area contributed by atoms with E-state index in [9.17, 15) is 4.79 Å². The number of carbonyl (C=O) groups excluding carboxylic acids is 1. The highest BCUT2D eigenvalue weighted by Gasteiger charge is 2.29. The molecule has 0 aromatic carbocycles. The van der Waals surface area contributed by atoms with Crippen molar-refractivity contribution in [2.75, 3.05) is 0 Å². The number of aromatic nitrogens is 6. The van der Waals surface area contributed by atoms with Crippen LogP contribution in [0.5, 0.6) is 0 Å². The summed E-state index contributed by atoms with van der Waals surface area (Å²) in [6.07, 6.45) is 5.25. The van der Waals surface area contributed by atoms with Crippen LogP contribution < -0.4 is 5.32 Å². The Morgan fingerprint density at radius 1 is 1.36 bits per heavy atom. The molecule has 1 atom stereocenters. The van der Waals surface area contributed by atoms with Gasteiger partial charge in [0.15, 0.2) is 5.82 Å². The van der Waals surface area contributed by atoms with Crippen LogP contribution in [0.2, 0.25) is 0 Å². The minimum atomic E-state index is -0.261. The van der Waals surface area contributed by atoms with Gasteiger partial charge in [-0.2, -0.15) is 5.10 Å². The van der Waals surface area contributed by atoms with Crippen molar-refractivity contribution < 1.29 is 4.79 Å². The van der Waals surface area contributed by atoms with Crippen molar-refractivity contribution in [3.8, 4) is 0 Å². The number of amides is 1. The molecular weight excluding hydrogens is 282 g/mol. The number of tetrazole rings is 1. The van der Waals surface area contributed by atoms with Gasteiger partial charge in [0, 0.05) is 12.5 Å². The highest BCUT2D eigenvalue weighted by Crippen LogP contribution is 2.39. The summed E-state index contributed by atoms with van der Waals surface area (Å²) in [6, 6.07) is 2.05. The molecule has 3 heterocycles. The predicted octanol–water partition coefficient (Wildman–Crippen LogP) is 0.857. The summed E-state index contributed by atoms with van der Waals surface area (Å²) in [6.45, 7) is 1.26. The lowest BCUT2D eigenvalue weighted by Crippen LogP contribution is -2.30. The maximum Gasteiger partial charge on any atom is 0.231 e. The van der Waals surface area contributed by atoms with Crippen LogP contribution in [0.1, 0.15) is 61.2 Å². The summed E-state index contributed by atoms with van der Waals surface area (Å²) in [5.74, 6) is 1.02. The topological polar surface area (TPSA) is 101 Å². The molecular formula is C14H19N7O. The number of hydrogen-bond donors (Lipinski definition) is 2. The number of hydrogen-bond acceptors (Lipinski definition) is 5. The van der Waals surface area contributed by atoms with E-state index in [1.54, 1.807) is 4.68 Å². The van der Waals surface area contributed by atoms with Crippen LogP contribution in [-0.2, 0) is 17.9 Å². The van der Waals surface area contributed by atoms with E-state index in [0.717, 1.165) is 37.2 Å². The van der Waals surface area contributed by atoms with Gasteiger partial charge in [-0.3, -0.25) is 9.89 Å². The van der Waals surface area contributed by atoms with Crippen LogP contribution in [0, 0.1) is 0 Å². The molecule has 116 valence electrons. The Kier molecular flexibility index (Phi) is 3.36. The molecule has 1 saturated carbocycles. The van der Waals surface area contributed by atoms with E-state index < -0.39 is 0 Å². The van der Waals surface area contributed by atoms with E-state index >= 15 is 0 Å². The lowest BCUT2D eigenvalue weighted by molar-refractivity contribution is -0.123. The Hall–Kier alpha value is -2.25. The van der Waals surface area contributed by atoms with Gasteiger partial charge in [0.1, 0.15) is 0 Å². The third-order valence-electron chi connectivity index (χ3n) is 4.40. The molecule has 0 saturated heterocycles. The van der Waals surface area contributed by atoms with E-state index in [1.165, 1.54) is 12.8 Å². The van der Waals surface area contributed by atoms with Gasteiger partial charge in [0.05, 0.1) is 23.9 Å². The fourth-order valence-electron chi connectivity index (χ4n) is 2.97. The maximum atomic E-state index is 12.5. The largest absolute Gasteiger partial charge is 0.350 e. The average molecular weight is 301 g/mol. The molecule has 1 aliphatic carbocycles. The molecule has 2 N–H and O–H groups in total. The summed E-state index contributed by atoms with van der Waals surface area (Å²) in [5, 5.41) is 22.0. The first-order valence-electron chi connectivity index (χ1n) is 7.89. The maximum absolute atomic E-state index is 12.5. The second kappa shape index (κ2) is 5.51. The summed E-state index contributed by atoms with van der Waals surface area (Å²) < 4.78 is 1.75. The first-order valence-corrected chi connectivity index (χ1v) is 7.89. The van der Waals surface area contributed by atoms with Crippen molar-refractivity contribution >= 4 is 5.91 Å². The molecule has 0 bridgehead atoms. The lowest BCUT2D eigenvalue weighted by atomic mass is 10.0. The summed E-state index contributed by atoms with van der Waals surface area (Å²) in [5.41, 5.74) is 2.06. The smallest absolute Gasteiger partial charge is 0.231 e.